The lowest BCUT2D eigenvalue weighted by molar-refractivity contribution is 0.272. The maximum atomic E-state index is 8.75. The molecule has 0 amide bonds. The Morgan fingerprint density at radius 2 is 2.24 bits per heavy atom. The first-order chi connectivity index (χ1) is 8.21. The Hall–Kier alpha value is -1.73. The average Bonchev–Trinajstić information content (AvgIpc) is 2.37. The van der Waals surface area contributed by atoms with Crippen molar-refractivity contribution < 1.29 is 9.47 Å². The van der Waals surface area contributed by atoms with Gasteiger partial charge in [0.15, 0.2) is 6.10 Å². The van der Waals surface area contributed by atoms with E-state index in [4.69, 9.17) is 14.7 Å². The molecule has 1 N–H and O–H groups in total. The van der Waals surface area contributed by atoms with Gasteiger partial charge in [0.1, 0.15) is 17.6 Å². The number of benzene rings is 1. The standard InChI is InChI=1S/C13H18N2O2/c1-4-15-9-11-7-12(16-3)5-6-13(11)17-10(2)8-14/h5-7,10,15H,4,9H2,1-3H3. The van der Waals surface area contributed by atoms with E-state index in [0.29, 0.717) is 6.54 Å². The van der Waals surface area contributed by atoms with Gasteiger partial charge in [-0.2, -0.15) is 5.26 Å². The smallest absolute Gasteiger partial charge is 0.181 e. The zero-order chi connectivity index (χ0) is 12.7. The fourth-order valence-electron chi connectivity index (χ4n) is 1.41. The van der Waals surface area contributed by atoms with Crippen molar-refractivity contribution in [3.63, 3.8) is 0 Å². The molecule has 0 fully saturated rings. The van der Waals surface area contributed by atoms with Crippen molar-refractivity contribution in [1.29, 1.82) is 5.26 Å². The molecule has 1 aromatic rings. The van der Waals surface area contributed by atoms with Crippen molar-refractivity contribution in [1.82, 2.24) is 5.32 Å². The van der Waals surface area contributed by atoms with Crippen LogP contribution in [0.25, 0.3) is 0 Å². The monoisotopic (exact) mass is 234 g/mol. The quantitative estimate of drug-likeness (QED) is 0.819. The van der Waals surface area contributed by atoms with Crippen LogP contribution in [0.1, 0.15) is 19.4 Å². The molecule has 0 aliphatic rings. The number of ether oxygens (including phenoxy) is 2. The number of rotatable bonds is 6. The van der Waals surface area contributed by atoms with Crippen LogP contribution in [-0.4, -0.2) is 19.8 Å². The molecular formula is C13H18N2O2. The molecule has 1 unspecified atom stereocenters. The molecule has 1 rings (SSSR count). The van der Waals surface area contributed by atoms with E-state index in [0.717, 1.165) is 23.6 Å². The molecule has 92 valence electrons. The van der Waals surface area contributed by atoms with Gasteiger partial charge in [0.05, 0.1) is 7.11 Å². The Bertz CT molecular complexity index is 399. The van der Waals surface area contributed by atoms with Crippen LogP contribution >= 0.6 is 0 Å². The minimum absolute atomic E-state index is 0.455. The number of nitrogens with zero attached hydrogens (tertiary/aromatic N) is 1. The summed E-state index contributed by atoms with van der Waals surface area (Å²) in [6, 6.07) is 7.63. The molecule has 0 spiro atoms. The van der Waals surface area contributed by atoms with Gasteiger partial charge in [-0.05, 0) is 31.7 Å². The van der Waals surface area contributed by atoms with Crippen molar-refractivity contribution in [2.24, 2.45) is 0 Å². The van der Waals surface area contributed by atoms with Crippen molar-refractivity contribution in [3.05, 3.63) is 23.8 Å². The Kier molecular flexibility index (Phi) is 5.31. The molecule has 0 aliphatic carbocycles. The molecule has 0 aromatic heterocycles. The van der Waals surface area contributed by atoms with Crippen molar-refractivity contribution in [3.8, 4) is 17.6 Å². The second-order valence-corrected chi connectivity index (χ2v) is 3.64. The van der Waals surface area contributed by atoms with Gasteiger partial charge in [-0.25, -0.2) is 0 Å². The van der Waals surface area contributed by atoms with E-state index in [1.54, 1.807) is 14.0 Å². The SMILES string of the molecule is CCNCc1cc(OC)ccc1OC(C)C#N. The highest BCUT2D eigenvalue weighted by Gasteiger charge is 2.08. The van der Waals surface area contributed by atoms with Gasteiger partial charge in [-0.1, -0.05) is 6.92 Å². The zero-order valence-electron chi connectivity index (χ0n) is 10.5. The van der Waals surface area contributed by atoms with Crippen molar-refractivity contribution >= 4 is 0 Å². The maximum Gasteiger partial charge on any atom is 0.181 e. The molecule has 1 atom stereocenters. The third kappa shape index (κ3) is 3.97. The summed E-state index contributed by atoms with van der Waals surface area (Å²) in [4.78, 5) is 0. The minimum atomic E-state index is -0.455. The first-order valence-electron chi connectivity index (χ1n) is 5.65. The van der Waals surface area contributed by atoms with Crippen LogP contribution in [0.2, 0.25) is 0 Å². The number of nitriles is 1. The first-order valence-corrected chi connectivity index (χ1v) is 5.65. The maximum absolute atomic E-state index is 8.75. The fourth-order valence-corrected chi connectivity index (χ4v) is 1.41. The van der Waals surface area contributed by atoms with E-state index in [9.17, 15) is 0 Å². The summed E-state index contributed by atoms with van der Waals surface area (Å²) in [6.45, 7) is 5.34. The van der Waals surface area contributed by atoms with Crippen LogP contribution < -0.4 is 14.8 Å². The lowest BCUT2D eigenvalue weighted by atomic mass is 10.2. The summed E-state index contributed by atoms with van der Waals surface area (Å²) in [7, 11) is 1.63. The highest BCUT2D eigenvalue weighted by Crippen LogP contribution is 2.25. The lowest BCUT2D eigenvalue weighted by Gasteiger charge is -2.14. The average molecular weight is 234 g/mol. The summed E-state index contributed by atoms with van der Waals surface area (Å²) in [5, 5.41) is 12.0. The fraction of sp³-hybridized carbons (Fsp3) is 0.462. The molecule has 1 aromatic carbocycles. The summed E-state index contributed by atoms with van der Waals surface area (Å²) in [6.07, 6.45) is -0.455. The molecule has 0 saturated heterocycles. The van der Waals surface area contributed by atoms with Gasteiger partial charge in [-0.15, -0.1) is 0 Å². The predicted octanol–water partition coefficient (Wildman–Crippen LogP) is 2.10. The van der Waals surface area contributed by atoms with Gasteiger partial charge >= 0.3 is 0 Å². The molecule has 4 nitrogen and oxygen atoms in total. The van der Waals surface area contributed by atoms with E-state index >= 15 is 0 Å². The highest BCUT2D eigenvalue weighted by atomic mass is 16.5. The van der Waals surface area contributed by atoms with Crippen LogP contribution in [0, 0.1) is 11.3 Å². The third-order valence-electron chi connectivity index (χ3n) is 2.32. The minimum Gasteiger partial charge on any atom is -0.497 e. The Morgan fingerprint density at radius 1 is 1.47 bits per heavy atom. The van der Waals surface area contributed by atoms with Crippen molar-refractivity contribution in [2.75, 3.05) is 13.7 Å². The number of hydrogen-bond donors (Lipinski definition) is 1. The summed E-state index contributed by atoms with van der Waals surface area (Å²) in [5.41, 5.74) is 0.994. The van der Waals surface area contributed by atoms with E-state index < -0.39 is 6.10 Å². The lowest BCUT2D eigenvalue weighted by Crippen LogP contribution is -2.15. The van der Waals surface area contributed by atoms with Crippen molar-refractivity contribution in [2.45, 2.75) is 26.5 Å². The molecule has 17 heavy (non-hydrogen) atoms. The van der Waals surface area contributed by atoms with Crippen LogP contribution in [0.4, 0.5) is 0 Å². The van der Waals surface area contributed by atoms with Crippen LogP contribution in [0.15, 0.2) is 18.2 Å². The molecule has 4 heteroatoms. The Balaban J connectivity index is 2.90. The molecular weight excluding hydrogens is 216 g/mol. The molecule has 0 aliphatic heterocycles. The summed E-state index contributed by atoms with van der Waals surface area (Å²) < 4.78 is 10.7. The molecule has 0 radical (unpaired) electrons. The second kappa shape index (κ2) is 6.77. The van der Waals surface area contributed by atoms with Gasteiger partial charge in [-0.3, -0.25) is 0 Å². The predicted molar refractivity (Wildman–Crippen MR) is 66.1 cm³/mol. The topological polar surface area (TPSA) is 54.3 Å². The van der Waals surface area contributed by atoms with E-state index in [-0.39, 0.29) is 0 Å². The number of hydrogen-bond acceptors (Lipinski definition) is 4. The highest BCUT2D eigenvalue weighted by molar-refractivity contribution is 5.40. The number of methoxy groups -OCH3 is 1. The second-order valence-electron chi connectivity index (χ2n) is 3.64. The van der Waals surface area contributed by atoms with Gasteiger partial charge in [0, 0.05) is 12.1 Å². The van der Waals surface area contributed by atoms with Gasteiger partial charge < -0.3 is 14.8 Å². The molecule has 0 heterocycles. The summed E-state index contributed by atoms with van der Waals surface area (Å²) in [5.74, 6) is 1.51. The summed E-state index contributed by atoms with van der Waals surface area (Å²) >= 11 is 0. The normalized spacial score (nSPS) is 11.6. The van der Waals surface area contributed by atoms with Crippen LogP contribution in [-0.2, 0) is 6.54 Å². The molecule has 0 saturated carbocycles. The Labute approximate surface area is 102 Å². The third-order valence-corrected chi connectivity index (χ3v) is 2.32. The van der Waals surface area contributed by atoms with Gasteiger partial charge in [0.25, 0.3) is 0 Å². The van der Waals surface area contributed by atoms with E-state index in [2.05, 4.69) is 11.4 Å². The number of nitrogens with one attached hydrogen (secondary N) is 1. The zero-order valence-corrected chi connectivity index (χ0v) is 10.5. The Morgan fingerprint density at radius 3 is 2.82 bits per heavy atom. The van der Waals surface area contributed by atoms with E-state index in [1.807, 2.05) is 25.1 Å². The molecule has 0 bridgehead atoms. The van der Waals surface area contributed by atoms with Crippen LogP contribution in [0.5, 0.6) is 11.5 Å². The largest absolute Gasteiger partial charge is 0.497 e. The van der Waals surface area contributed by atoms with Crippen LogP contribution in [0.3, 0.4) is 0 Å². The first kappa shape index (κ1) is 13.3. The van der Waals surface area contributed by atoms with E-state index in [1.165, 1.54) is 0 Å². The van der Waals surface area contributed by atoms with Gasteiger partial charge in [0.2, 0.25) is 0 Å².